The summed E-state index contributed by atoms with van der Waals surface area (Å²) in [5.41, 5.74) is 0. The molecule has 0 aliphatic carbocycles. The van der Waals surface area contributed by atoms with Crippen LogP contribution >= 0.6 is 0 Å². The number of rotatable bonds is 3. The normalized spacial score (nSPS) is 9.21. The van der Waals surface area contributed by atoms with E-state index in [1.165, 1.54) is 13.9 Å². The second-order valence-electron chi connectivity index (χ2n) is 4.89. The van der Waals surface area contributed by atoms with Crippen molar-refractivity contribution in [1.29, 1.82) is 0 Å². The number of unbranched alkanes of at least 4 members (excludes halogenated alkanes) is 1. The standard InChI is InChI=1S/2C4H9.C3H7.3K/c1-4(2)3;1-3-4-2;1-3-2;;;/h4H,1H2,2-3H3;1,3-4H2,2H3;3H,1-2H3;;;. The predicted octanol–water partition coefficient (Wildman–Crippen LogP) is 3.59. The van der Waals surface area contributed by atoms with Gasteiger partial charge in [-0.05, 0) is 0 Å². The van der Waals surface area contributed by atoms with Gasteiger partial charge in [0.25, 0.3) is 0 Å². The molecule has 0 heterocycles. The molecular formula is C11H25K3. The van der Waals surface area contributed by atoms with E-state index < -0.39 is 0 Å². The summed E-state index contributed by atoms with van der Waals surface area (Å²) in [6, 6.07) is 0. The first-order valence-electron chi connectivity index (χ1n) is 6.42. The molecule has 0 aliphatic rings. The van der Waals surface area contributed by atoms with Crippen LogP contribution in [0.1, 0.15) is 47.5 Å². The molecule has 0 nitrogen and oxygen atoms in total. The van der Waals surface area contributed by atoms with E-state index in [0.29, 0.717) is 0 Å². The summed E-state index contributed by atoms with van der Waals surface area (Å²) in [6.07, 6.45) is 2.86. The Hall–Kier alpha value is 4.91. The van der Waals surface area contributed by atoms with Crippen LogP contribution in [0.5, 0.6) is 0 Å². The van der Waals surface area contributed by atoms with Crippen LogP contribution in [0, 0.1) is 5.92 Å². The molecule has 0 aromatic heterocycles. The van der Waals surface area contributed by atoms with Crippen molar-refractivity contribution in [2.75, 3.05) is 0 Å². The van der Waals surface area contributed by atoms with Crippen LogP contribution in [-0.2, 0) is 0 Å². The van der Waals surface area contributed by atoms with E-state index in [-0.39, 0.29) is 0 Å². The zero-order valence-electron chi connectivity index (χ0n) is 12.0. The first-order valence-corrected chi connectivity index (χ1v) is 12.6. The zero-order valence-corrected chi connectivity index (χ0v) is 21.4. The van der Waals surface area contributed by atoms with Crippen LogP contribution in [0.25, 0.3) is 0 Å². The minimum atomic E-state index is 0.968. The van der Waals surface area contributed by atoms with E-state index in [9.17, 15) is 0 Å². The molecule has 0 unspecified atom stereocenters. The average Bonchev–Trinajstić information content (AvgIpc) is 2.06. The van der Waals surface area contributed by atoms with Crippen molar-refractivity contribution < 1.29 is 0 Å². The molecule has 0 rings (SSSR count). The Labute approximate surface area is 195 Å². The van der Waals surface area contributed by atoms with E-state index in [1.807, 2.05) is 0 Å². The SMILES string of the molecule is CC(C)[CH2][K].CCC[CH2][K].C[CH](C)[K]. The third kappa shape index (κ3) is 53.9. The second kappa shape index (κ2) is 23.0. The molecule has 0 saturated carbocycles. The molecule has 0 fully saturated rings. The molecule has 0 aromatic rings. The Morgan fingerprint density at radius 3 is 1.29 bits per heavy atom. The molecule has 0 atom stereocenters. The first-order chi connectivity index (χ1) is 6.42. The van der Waals surface area contributed by atoms with Crippen LogP contribution in [0.2, 0.25) is 1.04 Å². The van der Waals surface area contributed by atoms with Crippen LogP contribution in [0.3, 0.4) is 0 Å². The summed E-state index contributed by atoms with van der Waals surface area (Å²) < 4.78 is 4.05. The Bertz CT molecular complexity index is 68.2. The average molecular weight is 275 g/mol. The molecule has 14 heavy (non-hydrogen) atoms. The maximum atomic E-state index is 2.27. The molecule has 3 heteroatoms. The fraction of sp³-hybridized carbons (Fsp3) is 1.00. The van der Waals surface area contributed by atoms with Crippen molar-refractivity contribution in [1.82, 2.24) is 0 Å². The molecule has 0 amide bonds. The van der Waals surface area contributed by atoms with Crippen molar-refractivity contribution in [2.45, 2.75) is 48.5 Å². The molecule has 0 radical (unpaired) electrons. The third-order valence-electron chi connectivity index (χ3n) is 1.52. The molecule has 0 saturated heterocycles. The predicted molar refractivity (Wildman–Crippen MR) is 71.7 cm³/mol. The van der Waals surface area contributed by atoms with Crippen molar-refractivity contribution >= 4 is 147 Å². The number of hydrogen-bond donors (Lipinski definition) is 0. The summed E-state index contributed by atoms with van der Waals surface area (Å²) in [5, 5.41) is 0. The van der Waals surface area contributed by atoms with E-state index in [0.717, 1.165) is 153 Å². The van der Waals surface area contributed by atoms with Gasteiger partial charge in [0.2, 0.25) is 0 Å². The zero-order chi connectivity index (χ0) is 12.0. The van der Waals surface area contributed by atoms with Gasteiger partial charge in [0, 0.05) is 0 Å². The first kappa shape index (κ1) is 24.0. The summed E-state index contributed by atoms with van der Waals surface area (Å²) >= 11 is 3.26. The summed E-state index contributed by atoms with van der Waals surface area (Å²) in [4.78, 5) is 0. The molecule has 72 valence electrons. The van der Waals surface area contributed by atoms with Crippen molar-refractivity contribution in [3.8, 4) is 0 Å². The van der Waals surface area contributed by atoms with E-state index in [1.54, 1.807) is 0 Å². The molecular weight excluding hydrogens is 249 g/mol. The monoisotopic (exact) mass is 274 g/mol. The summed E-state index contributed by atoms with van der Waals surface area (Å²) in [5.74, 6) is 0.968. The van der Waals surface area contributed by atoms with Crippen LogP contribution in [-0.4, -0.2) is 147 Å². The van der Waals surface area contributed by atoms with Gasteiger partial charge >= 0.3 is 201 Å². The molecule has 0 aromatic carbocycles. The quantitative estimate of drug-likeness (QED) is 0.690. The van der Waals surface area contributed by atoms with E-state index in [2.05, 4.69) is 34.6 Å². The summed E-state index contributed by atoms with van der Waals surface area (Å²) in [6.45, 7) is 11.3. The van der Waals surface area contributed by atoms with E-state index >= 15 is 0 Å². The van der Waals surface area contributed by atoms with Gasteiger partial charge < -0.3 is 0 Å². The topological polar surface area (TPSA) is 0 Å². The van der Waals surface area contributed by atoms with Gasteiger partial charge in [0.05, 0.1) is 0 Å². The van der Waals surface area contributed by atoms with Gasteiger partial charge in [0.1, 0.15) is 0 Å². The minimum absolute atomic E-state index is 0.968. The molecule has 0 aliphatic heterocycles. The molecule has 0 bridgehead atoms. The number of hydrogen-bond acceptors (Lipinski definition) is 0. The summed E-state index contributed by atoms with van der Waals surface area (Å²) in [7, 11) is 0. The Balaban J connectivity index is -0.000000131. The molecule has 0 N–H and O–H groups in total. The Morgan fingerprint density at radius 2 is 1.29 bits per heavy atom. The van der Waals surface area contributed by atoms with Crippen LogP contribution in [0.4, 0.5) is 0 Å². The molecule has 0 spiro atoms. The van der Waals surface area contributed by atoms with Gasteiger partial charge in [-0.1, -0.05) is 0 Å². The van der Waals surface area contributed by atoms with Crippen molar-refractivity contribution in [2.24, 2.45) is 5.92 Å². The Morgan fingerprint density at radius 1 is 1.00 bits per heavy atom. The van der Waals surface area contributed by atoms with Crippen LogP contribution < -0.4 is 0 Å². The van der Waals surface area contributed by atoms with Crippen LogP contribution in [0.15, 0.2) is 0 Å². The fourth-order valence-electron chi connectivity index (χ4n) is 0.354. The van der Waals surface area contributed by atoms with Gasteiger partial charge in [-0.2, -0.15) is 0 Å². The van der Waals surface area contributed by atoms with Crippen molar-refractivity contribution in [3.63, 3.8) is 0 Å². The maximum absolute atomic E-state index is 2.27. The van der Waals surface area contributed by atoms with Gasteiger partial charge in [-0.3, -0.25) is 0 Å². The Kier molecular flexibility index (Phi) is 39.4. The van der Waals surface area contributed by atoms with Gasteiger partial charge in [-0.25, -0.2) is 0 Å². The van der Waals surface area contributed by atoms with E-state index in [4.69, 9.17) is 0 Å². The second-order valence-corrected chi connectivity index (χ2v) is 11.3. The van der Waals surface area contributed by atoms with Gasteiger partial charge in [0.15, 0.2) is 0 Å². The third-order valence-corrected chi connectivity index (χ3v) is 5.18. The van der Waals surface area contributed by atoms with Gasteiger partial charge in [-0.15, -0.1) is 0 Å². The fourth-order valence-corrected chi connectivity index (χ4v) is 1.46. The van der Waals surface area contributed by atoms with Crippen molar-refractivity contribution in [3.05, 3.63) is 0 Å².